The molecule has 1 aliphatic heterocycles. The molecule has 8 heteroatoms. The number of piperidine rings is 1. The molecule has 1 atom stereocenters. The molecular formula is C18H30N4O4. The Bertz CT molecular complexity index is 602. The van der Waals surface area contributed by atoms with E-state index in [1.165, 1.54) is 0 Å². The number of methoxy groups -OCH3 is 1. The molecule has 0 N–H and O–H groups in total. The van der Waals surface area contributed by atoms with Gasteiger partial charge in [-0.05, 0) is 18.8 Å². The van der Waals surface area contributed by atoms with Gasteiger partial charge in [0.15, 0.2) is 5.82 Å². The highest BCUT2D eigenvalue weighted by atomic mass is 16.5. The van der Waals surface area contributed by atoms with Gasteiger partial charge in [0.05, 0.1) is 0 Å². The van der Waals surface area contributed by atoms with Crippen LogP contribution in [0.4, 0.5) is 0 Å². The number of aromatic nitrogens is 2. The smallest absolute Gasteiger partial charge is 0.252 e. The minimum atomic E-state index is 0.00812. The molecule has 0 spiro atoms. The fourth-order valence-electron chi connectivity index (χ4n) is 3.31. The SMILES string of the molecule is COCc1nc(CCN(C(C)=O)C2CCCN(C(=O)CC(C)C)C2)no1. The lowest BCUT2D eigenvalue weighted by Gasteiger charge is -2.39. The van der Waals surface area contributed by atoms with E-state index in [0.717, 1.165) is 19.4 Å². The first-order chi connectivity index (χ1) is 12.4. The molecular weight excluding hydrogens is 336 g/mol. The van der Waals surface area contributed by atoms with Crippen LogP contribution < -0.4 is 0 Å². The number of carbonyl (C=O) groups excluding carboxylic acids is 2. The van der Waals surface area contributed by atoms with Crippen LogP contribution in [-0.4, -0.2) is 64.5 Å². The highest BCUT2D eigenvalue weighted by Gasteiger charge is 2.29. The number of rotatable bonds is 8. The Labute approximate surface area is 154 Å². The van der Waals surface area contributed by atoms with E-state index >= 15 is 0 Å². The molecule has 0 radical (unpaired) electrons. The van der Waals surface area contributed by atoms with Crippen molar-refractivity contribution in [3.63, 3.8) is 0 Å². The average molecular weight is 366 g/mol. The van der Waals surface area contributed by atoms with E-state index in [9.17, 15) is 9.59 Å². The molecule has 1 unspecified atom stereocenters. The van der Waals surface area contributed by atoms with Gasteiger partial charge >= 0.3 is 0 Å². The fourth-order valence-corrected chi connectivity index (χ4v) is 3.31. The first-order valence-corrected chi connectivity index (χ1v) is 9.26. The number of carbonyl (C=O) groups is 2. The Balaban J connectivity index is 1.94. The van der Waals surface area contributed by atoms with Gasteiger partial charge in [-0.15, -0.1) is 0 Å². The molecule has 0 aliphatic carbocycles. The monoisotopic (exact) mass is 366 g/mol. The Morgan fingerprint density at radius 3 is 2.85 bits per heavy atom. The quantitative estimate of drug-likeness (QED) is 0.695. The molecule has 26 heavy (non-hydrogen) atoms. The van der Waals surface area contributed by atoms with Crippen molar-refractivity contribution in [3.05, 3.63) is 11.7 Å². The van der Waals surface area contributed by atoms with Gasteiger partial charge in [0.1, 0.15) is 6.61 Å². The van der Waals surface area contributed by atoms with E-state index in [0.29, 0.717) is 43.6 Å². The summed E-state index contributed by atoms with van der Waals surface area (Å²) >= 11 is 0. The van der Waals surface area contributed by atoms with Gasteiger partial charge in [-0.1, -0.05) is 19.0 Å². The summed E-state index contributed by atoms with van der Waals surface area (Å²) in [7, 11) is 1.57. The van der Waals surface area contributed by atoms with Crippen molar-refractivity contribution in [2.45, 2.75) is 59.1 Å². The largest absolute Gasteiger partial charge is 0.375 e. The average Bonchev–Trinajstić information content (AvgIpc) is 3.02. The second-order valence-corrected chi connectivity index (χ2v) is 7.23. The standard InChI is InChI=1S/C18H30N4O4/c1-13(2)10-18(24)21-8-5-6-15(11-21)22(14(3)23)9-7-16-19-17(12-25-4)26-20-16/h13,15H,5-12H2,1-4H3. The number of amides is 2. The number of nitrogens with zero attached hydrogens (tertiary/aromatic N) is 4. The van der Waals surface area contributed by atoms with Crippen molar-refractivity contribution in [1.82, 2.24) is 19.9 Å². The van der Waals surface area contributed by atoms with Crippen LogP contribution in [0, 0.1) is 5.92 Å². The van der Waals surface area contributed by atoms with E-state index in [2.05, 4.69) is 10.1 Å². The van der Waals surface area contributed by atoms with Gasteiger partial charge < -0.3 is 19.1 Å². The highest BCUT2D eigenvalue weighted by Crippen LogP contribution is 2.18. The van der Waals surface area contributed by atoms with Crippen molar-refractivity contribution in [2.75, 3.05) is 26.7 Å². The van der Waals surface area contributed by atoms with E-state index in [4.69, 9.17) is 9.26 Å². The van der Waals surface area contributed by atoms with E-state index in [1.807, 2.05) is 23.6 Å². The van der Waals surface area contributed by atoms with Crippen LogP contribution in [0.2, 0.25) is 0 Å². The van der Waals surface area contributed by atoms with Crippen LogP contribution in [0.15, 0.2) is 4.52 Å². The molecule has 1 aromatic heterocycles. The summed E-state index contributed by atoms with van der Waals surface area (Å²) in [5.41, 5.74) is 0. The summed E-state index contributed by atoms with van der Waals surface area (Å²) in [6.45, 7) is 7.83. The van der Waals surface area contributed by atoms with Gasteiger partial charge in [0, 0.05) is 52.6 Å². The van der Waals surface area contributed by atoms with Gasteiger partial charge in [0.2, 0.25) is 11.8 Å². The number of hydrogen-bond acceptors (Lipinski definition) is 6. The summed E-state index contributed by atoms with van der Waals surface area (Å²) in [6, 6.07) is 0.0442. The van der Waals surface area contributed by atoms with Crippen LogP contribution in [0.3, 0.4) is 0 Å². The number of likely N-dealkylation sites (tertiary alicyclic amines) is 1. The Morgan fingerprint density at radius 2 is 2.19 bits per heavy atom. The van der Waals surface area contributed by atoms with Crippen LogP contribution in [0.1, 0.15) is 51.7 Å². The first-order valence-electron chi connectivity index (χ1n) is 9.26. The van der Waals surface area contributed by atoms with Crippen molar-refractivity contribution >= 4 is 11.8 Å². The molecule has 146 valence electrons. The maximum atomic E-state index is 12.4. The molecule has 0 aromatic carbocycles. The maximum absolute atomic E-state index is 12.4. The van der Waals surface area contributed by atoms with E-state index in [1.54, 1.807) is 14.0 Å². The third kappa shape index (κ3) is 5.79. The van der Waals surface area contributed by atoms with Gasteiger partial charge in [-0.25, -0.2) is 0 Å². The predicted molar refractivity (Wildman–Crippen MR) is 95.2 cm³/mol. The lowest BCUT2D eigenvalue weighted by atomic mass is 10.0. The lowest BCUT2D eigenvalue weighted by molar-refractivity contribution is -0.139. The van der Waals surface area contributed by atoms with Gasteiger partial charge in [-0.2, -0.15) is 4.98 Å². The lowest BCUT2D eigenvalue weighted by Crippen LogP contribution is -2.51. The topological polar surface area (TPSA) is 88.8 Å². The molecule has 1 aromatic rings. The summed E-state index contributed by atoms with van der Waals surface area (Å²) in [4.78, 5) is 32.5. The molecule has 1 fully saturated rings. The highest BCUT2D eigenvalue weighted by molar-refractivity contribution is 5.77. The maximum Gasteiger partial charge on any atom is 0.252 e. The van der Waals surface area contributed by atoms with E-state index < -0.39 is 0 Å². The number of hydrogen-bond donors (Lipinski definition) is 0. The molecule has 2 rings (SSSR count). The second-order valence-electron chi connectivity index (χ2n) is 7.23. The Kier molecular flexibility index (Phi) is 7.56. The zero-order chi connectivity index (χ0) is 19.1. The summed E-state index contributed by atoms with van der Waals surface area (Å²) in [5.74, 6) is 1.52. The summed E-state index contributed by atoms with van der Waals surface area (Å²) in [5, 5.41) is 3.92. The normalized spacial score (nSPS) is 17.6. The molecule has 1 saturated heterocycles. The van der Waals surface area contributed by atoms with Crippen molar-refractivity contribution < 1.29 is 18.8 Å². The molecule has 0 saturated carbocycles. The summed E-state index contributed by atoms with van der Waals surface area (Å²) in [6.07, 6.45) is 2.89. The van der Waals surface area contributed by atoms with Gasteiger partial charge in [0.25, 0.3) is 5.89 Å². The van der Waals surface area contributed by atoms with Crippen molar-refractivity contribution in [2.24, 2.45) is 5.92 Å². The zero-order valence-electron chi connectivity index (χ0n) is 16.2. The molecule has 2 heterocycles. The van der Waals surface area contributed by atoms with Crippen LogP contribution in [0.25, 0.3) is 0 Å². The third-order valence-electron chi connectivity index (χ3n) is 4.53. The Morgan fingerprint density at radius 1 is 1.42 bits per heavy atom. The Hall–Kier alpha value is -1.96. The molecule has 0 bridgehead atoms. The van der Waals surface area contributed by atoms with Crippen LogP contribution in [-0.2, 0) is 27.4 Å². The zero-order valence-corrected chi connectivity index (χ0v) is 16.2. The van der Waals surface area contributed by atoms with Crippen LogP contribution in [0.5, 0.6) is 0 Å². The third-order valence-corrected chi connectivity index (χ3v) is 4.53. The van der Waals surface area contributed by atoms with Crippen molar-refractivity contribution in [3.8, 4) is 0 Å². The number of ether oxygens (including phenoxy) is 1. The van der Waals surface area contributed by atoms with Crippen molar-refractivity contribution in [1.29, 1.82) is 0 Å². The fraction of sp³-hybridized carbons (Fsp3) is 0.778. The molecule has 2 amide bonds. The van der Waals surface area contributed by atoms with E-state index in [-0.39, 0.29) is 24.5 Å². The minimum absolute atomic E-state index is 0.00812. The molecule has 1 aliphatic rings. The predicted octanol–water partition coefficient (Wildman–Crippen LogP) is 1.64. The first kappa shape index (κ1) is 20.4. The molecule has 8 nitrogen and oxygen atoms in total. The second kappa shape index (κ2) is 9.66. The van der Waals surface area contributed by atoms with Crippen LogP contribution >= 0.6 is 0 Å². The minimum Gasteiger partial charge on any atom is -0.375 e. The summed E-state index contributed by atoms with van der Waals surface area (Å²) < 4.78 is 10.0. The van der Waals surface area contributed by atoms with Gasteiger partial charge in [-0.3, -0.25) is 9.59 Å².